The van der Waals surface area contributed by atoms with Crippen LogP contribution in [-0.4, -0.2) is 20.5 Å². The monoisotopic (exact) mass is 475 g/mol. The quantitative estimate of drug-likeness (QED) is 0.357. The zero-order valence-electron chi connectivity index (χ0n) is 15.5. The third-order valence-corrected chi connectivity index (χ3v) is 6.50. The number of aryl methyl sites for hydroxylation is 1. The number of rotatable bonds is 5. The number of nitrogens with one attached hydrogen (secondary N) is 1. The van der Waals surface area contributed by atoms with Crippen molar-refractivity contribution in [3.05, 3.63) is 56.7 Å². The molecule has 2 aromatic carbocycles. The van der Waals surface area contributed by atoms with Gasteiger partial charge in [0, 0.05) is 11.1 Å². The molecule has 3 rings (SSSR count). The molecule has 1 N–H and O–H groups in total. The largest absolute Gasteiger partial charge is 0.460 e. The van der Waals surface area contributed by atoms with Gasteiger partial charge in [0.1, 0.15) is 21.8 Å². The summed E-state index contributed by atoms with van der Waals surface area (Å²) in [5.41, 5.74) is 0.870. The summed E-state index contributed by atoms with van der Waals surface area (Å²) in [6, 6.07) is 6.98. The maximum absolute atomic E-state index is 12.8. The maximum Gasteiger partial charge on any atom is 0.342 e. The molecule has 0 saturated carbocycles. The average Bonchev–Trinajstić information content (AvgIpc) is 2.92. The van der Waals surface area contributed by atoms with E-state index >= 15 is 0 Å². The van der Waals surface area contributed by atoms with Gasteiger partial charge >= 0.3 is 5.97 Å². The molecule has 0 aliphatic heterocycles. The number of ether oxygens (including phenoxy) is 1. The Labute approximate surface area is 182 Å². The van der Waals surface area contributed by atoms with Crippen LogP contribution >= 0.6 is 34.8 Å². The van der Waals surface area contributed by atoms with Crippen LogP contribution in [0.1, 0.15) is 30.0 Å². The number of hydrogen-bond acceptors (Lipinski definition) is 5. The van der Waals surface area contributed by atoms with Gasteiger partial charge in [-0.05, 0) is 51.1 Å². The van der Waals surface area contributed by atoms with Crippen LogP contribution in [0.3, 0.4) is 0 Å². The first-order valence-corrected chi connectivity index (χ1v) is 11.0. The summed E-state index contributed by atoms with van der Waals surface area (Å²) in [5, 5.41) is 0.539. The van der Waals surface area contributed by atoms with Crippen molar-refractivity contribution < 1.29 is 22.4 Å². The summed E-state index contributed by atoms with van der Waals surface area (Å²) < 4.78 is 38.8. The highest BCUT2D eigenvalue weighted by Crippen LogP contribution is 2.34. The number of halogens is 3. The van der Waals surface area contributed by atoms with Gasteiger partial charge in [-0.1, -0.05) is 34.8 Å². The van der Waals surface area contributed by atoms with Gasteiger partial charge in [0.05, 0.1) is 21.2 Å². The van der Waals surface area contributed by atoms with Crippen molar-refractivity contribution in [3.8, 4) is 0 Å². The van der Waals surface area contributed by atoms with Gasteiger partial charge in [-0.25, -0.2) is 13.2 Å². The smallest absolute Gasteiger partial charge is 0.342 e. The number of fused-ring (bicyclic) bond motifs is 1. The van der Waals surface area contributed by atoms with Crippen molar-refractivity contribution in [2.24, 2.45) is 0 Å². The highest BCUT2D eigenvalue weighted by molar-refractivity contribution is 7.92. The van der Waals surface area contributed by atoms with Gasteiger partial charge in [0.2, 0.25) is 0 Å². The number of carbonyl (C=O) groups excluding carboxylic acids is 1. The van der Waals surface area contributed by atoms with Crippen LogP contribution in [0.4, 0.5) is 5.69 Å². The lowest BCUT2D eigenvalue weighted by atomic mass is 10.1. The molecule has 0 saturated heterocycles. The Morgan fingerprint density at radius 1 is 1.07 bits per heavy atom. The van der Waals surface area contributed by atoms with E-state index < -0.39 is 16.0 Å². The van der Waals surface area contributed by atoms with Crippen molar-refractivity contribution >= 4 is 67.5 Å². The minimum Gasteiger partial charge on any atom is -0.460 e. The lowest BCUT2D eigenvalue weighted by Crippen LogP contribution is -2.14. The first-order valence-electron chi connectivity index (χ1n) is 8.41. The Bertz CT molecular complexity index is 1220. The van der Waals surface area contributed by atoms with Gasteiger partial charge in [0.15, 0.2) is 0 Å². The first kappa shape index (κ1) is 21.8. The molecule has 6 nitrogen and oxygen atoms in total. The molecule has 1 aromatic heterocycles. The van der Waals surface area contributed by atoms with E-state index in [1.54, 1.807) is 26.8 Å². The SMILES string of the molecule is Cc1oc2ccc(NS(=O)(=O)c3cc(Cl)c(Cl)cc3Cl)cc2c1C(=O)OC(C)C. The van der Waals surface area contributed by atoms with E-state index in [4.69, 9.17) is 44.0 Å². The molecular formula is C19H16Cl3NO5S. The predicted octanol–water partition coefficient (Wildman–Crippen LogP) is 6.07. The number of carbonyl (C=O) groups is 1. The number of esters is 1. The van der Waals surface area contributed by atoms with Crippen LogP contribution in [0, 0.1) is 6.92 Å². The Morgan fingerprint density at radius 2 is 1.72 bits per heavy atom. The van der Waals surface area contributed by atoms with Crippen molar-refractivity contribution in [1.82, 2.24) is 0 Å². The van der Waals surface area contributed by atoms with Crippen molar-refractivity contribution in [2.75, 3.05) is 4.72 Å². The fraction of sp³-hybridized carbons (Fsp3) is 0.211. The molecule has 0 aliphatic rings. The lowest BCUT2D eigenvalue weighted by molar-refractivity contribution is 0.0378. The number of anilines is 1. The van der Waals surface area contributed by atoms with E-state index in [2.05, 4.69) is 4.72 Å². The third-order valence-electron chi connectivity index (χ3n) is 3.93. The van der Waals surface area contributed by atoms with Gasteiger partial charge in [-0.3, -0.25) is 4.72 Å². The van der Waals surface area contributed by atoms with E-state index in [0.717, 1.165) is 0 Å². The molecule has 10 heteroatoms. The molecule has 0 spiro atoms. The fourth-order valence-electron chi connectivity index (χ4n) is 2.73. The summed E-state index contributed by atoms with van der Waals surface area (Å²) in [7, 11) is -4.07. The molecule has 0 radical (unpaired) electrons. The molecular weight excluding hydrogens is 461 g/mol. The summed E-state index contributed by atoms with van der Waals surface area (Å²) >= 11 is 17.8. The molecule has 29 heavy (non-hydrogen) atoms. The van der Waals surface area contributed by atoms with Crippen LogP contribution in [0.5, 0.6) is 0 Å². The van der Waals surface area contributed by atoms with Gasteiger partial charge in [-0.2, -0.15) is 0 Å². The second-order valence-corrected chi connectivity index (χ2v) is 9.37. The highest BCUT2D eigenvalue weighted by atomic mass is 35.5. The van der Waals surface area contributed by atoms with Crippen LogP contribution in [-0.2, 0) is 14.8 Å². The number of furan rings is 1. The van der Waals surface area contributed by atoms with E-state index in [-0.39, 0.29) is 37.3 Å². The first-order chi connectivity index (χ1) is 13.5. The third kappa shape index (κ3) is 4.48. The molecule has 0 fully saturated rings. The Balaban J connectivity index is 2.03. The van der Waals surface area contributed by atoms with Crippen molar-refractivity contribution in [3.63, 3.8) is 0 Å². The van der Waals surface area contributed by atoms with Crippen LogP contribution < -0.4 is 4.72 Å². The Kier molecular flexibility index (Phi) is 6.06. The van der Waals surface area contributed by atoms with Gasteiger partial charge < -0.3 is 9.15 Å². The molecule has 1 heterocycles. The second kappa shape index (κ2) is 8.07. The van der Waals surface area contributed by atoms with E-state index in [1.165, 1.54) is 24.3 Å². The molecule has 0 amide bonds. The summed E-state index contributed by atoms with van der Waals surface area (Å²) in [4.78, 5) is 12.2. The van der Waals surface area contributed by atoms with Crippen LogP contribution in [0.25, 0.3) is 11.0 Å². The van der Waals surface area contributed by atoms with Gasteiger partial charge in [0.25, 0.3) is 10.0 Å². The van der Waals surface area contributed by atoms with E-state index in [0.29, 0.717) is 16.7 Å². The molecule has 3 aromatic rings. The van der Waals surface area contributed by atoms with Crippen molar-refractivity contribution in [2.45, 2.75) is 31.8 Å². The molecule has 0 aliphatic carbocycles. The van der Waals surface area contributed by atoms with E-state index in [1.807, 2.05) is 0 Å². The zero-order valence-corrected chi connectivity index (χ0v) is 18.6. The second-order valence-electron chi connectivity index (χ2n) is 6.50. The predicted molar refractivity (Wildman–Crippen MR) is 114 cm³/mol. The van der Waals surface area contributed by atoms with Crippen LogP contribution in [0.2, 0.25) is 15.1 Å². The average molecular weight is 477 g/mol. The molecule has 0 bridgehead atoms. The lowest BCUT2D eigenvalue weighted by Gasteiger charge is -2.11. The standard InChI is InChI=1S/C19H16Cl3NO5S/c1-9(2)27-19(24)18-10(3)28-16-5-4-11(6-12(16)18)23-29(25,26)17-8-14(21)13(20)7-15(17)22/h4-9,23H,1-3H3. The van der Waals surface area contributed by atoms with Crippen LogP contribution in [0.15, 0.2) is 39.6 Å². The minimum atomic E-state index is -4.07. The zero-order chi connectivity index (χ0) is 21.5. The summed E-state index contributed by atoms with van der Waals surface area (Å²) in [5.74, 6) is -0.179. The maximum atomic E-state index is 12.8. The number of sulfonamides is 1. The number of benzene rings is 2. The molecule has 0 unspecified atom stereocenters. The Morgan fingerprint density at radius 3 is 2.38 bits per heavy atom. The molecule has 154 valence electrons. The highest BCUT2D eigenvalue weighted by Gasteiger charge is 2.23. The Hall–Kier alpha value is -1.93. The summed E-state index contributed by atoms with van der Waals surface area (Å²) in [6.07, 6.45) is -0.315. The molecule has 0 atom stereocenters. The minimum absolute atomic E-state index is 0.0519. The van der Waals surface area contributed by atoms with Crippen molar-refractivity contribution in [1.29, 1.82) is 0 Å². The van der Waals surface area contributed by atoms with Gasteiger partial charge in [-0.15, -0.1) is 0 Å². The normalized spacial score (nSPS) is 11.8. The number of hydrogen-bond donors (Lipinski definition) is 1. The topological polar surface area (TPSA) is 85.6 Å². The summed E-state index contributed by atoms with van der Waals surface area (Å²) in [6.45, 7) is 5.10. The fourth-order valence-corrected chi connectivity index (χ4v) is 4.78. The van der Waals surface area contributed by atoms with E-state index in [9.17, 15) is 13.2 Å².